The fourth-order valence-electron chi connectivity index (χ4n) is 2.19. The van der Waals surface area contributed by atoms with Gasteiger partial charge in [0.15, 0.2) is 9.84 Å². The topological polar surface area (TPSA) is 51.4 Å². The minimum atomic E-state index is -2.93. The van der Waals surface area contributed by atoms with Crippen LogP contribution in [0.15, 0.2) is 18.3 Å². The number of aryl methyl sites for hydroxylation is 2. The molecule has 84 valence electrons. The molecule has 0 fully saturated rings. The molecule has 3 heterocycles. The zero-order chi connectivity index (χ0) is 11.3. The van der Waals surface area contributed by atoms with E-state index in [-0.39, 0.29) is 11.5 Å². The van der Waals surface area contributed by atoms with Crippen molar-refractivity contribution in [3.8, 4) is 0 Å². The summed E-state index contributed by atoms with van der Waals surface area (Å²) in [7, 11) is -2.93. The van der Waals surface area contributed by atoms with Gasteiger partial charge in [0.25, 0.3) is 0 Å². The number of hydrogen-bond acceptors (Lipinski definition) is 3. The van der Waals surface area contributed by atoms with Crippen molar-refractivity contribution in [3.05, 3.63) is 35.3 Å². The Kier molecular flexibility index (Phi) is 1.89. The monoisotopic (exact) mass is 236 g/mol. The maximum absolute atomic E-state index is 11.6. The molecule has 0 saturated carbocycles. The Morgan fingerprint density at radius 1 is 1.44 bits per heavy atom. The maximum Gasteiger partial charge on any atom is 0.156 e. The predicted molar refractivity (Wildman–Crippen MR) is 61.1 cm³/mol. The predicted octanol–water partition coefficient (Wildman–Crippen LogP) is 1.11. The minimum absolute atomic E-state index is 0.118. The first kappa shape index (κ1) is 9.84. The van der Waals surface area contributed by atoms with E-state index in [1.54, 1.807) is 0 Å². The highest BCUT2D eigenvalue weighted by atomic mass is 32.2. The molecule has 0 amide bonds. The van der Waals surface area contributed by atoms with Crippen LogP contribution < -0.4 is 0 Å². The number of nitrogens with zero attached hydrogens (tertiary/aromatic N) is 2. The molecular formula is C11H12N2O2S. The third kappa shape index (κ3) is 1.35. The van der Waals surface area contributed by atoms with Crippen LogP contribution in [0.4, 0.5) is 0 Å². The lowest BCUT2D eigenvalue weighted by atomic mass is 10.3. The summed E-state index contributed by atoms with van der Waals surface area (Å²) in [6.07, 6.45) is 2.42. The fraction of sp³-hybridized carbons (Fsp3) is 0.364. The van der Waals surface area contributed by atoms with Gasteiger partial charge in [-0.25, -0.2) is 13.4 Å². The van der Waals surface area contributed by atoms with E-state index >= 15 is 0 Å². The Hall–Kier alpha value is -1.36. The quantitative estimate of drug-likeness (QED) is 0.688. The lowest BCUT2D eigenvalue weighted by molar-refractivity contribution is 0.590. The van der Waals surface area contributed by atoms with Crippen molar-refractivity contribution < 1.29 is 8.42 Å². The van der Waals surface area contributed by atoms with Crippen molar-refractivity contribution in [1.82, 2.24) is 9.38 Å². The third-order valence-electron chi connectivity index (χ3n) is 3.03. The van der Waals surface area contributed by atoms with Gasteiger partial charge in [0.2, 0.25) is 0 Å². The van der Waals surface area contributed by atoms with E-state index in [1.807, 2.05) is 29.7 Å². The normalized spacial score (nSPS) is 18.6. The second-order valence-corrected chi connectivity index (χ2v) is 6.42. The Morgan fingerprint density at radius 2 is 2.25 bits per heavy atom. The molecule has 0 N–H and O–H groups in total. The summed E-state index contributed by atoms with van der Waals surface area (Å²) in [6, 6.07) is 3.91. The van der Waals surface area contributed by atoms with E-state index in [1.165, 1.54) is 0 Å². The van der Waals surface area contributed by atoms with Crippen LogP contribution >= 0.6 is 0 Å². The zero-order valence-electron chi connectivity index (χ0n) is 8.97. The van der Waals surface area contributed by atoms with E-state index in [2.05, 4.69) is 4.98 Å². The van der Waals surface area contributed by atoms with Crippen LogP contribution in [0, 0.1) is 6.92 Å². The second-order valence-electron chi connectivity index (χ2n) is 4.23. The first-order valence-corrected chi connectivity index (χ1v) is 7.05. The van der Waals surface area contributed by atoms with Gasteiger partial charge < -0.3 is 4.40 Å². The molecule has 0 spiro atoms. The molecule has 0 aromatic carbocycles. The summed E-state index contributed by atoms with van der Waals surface area (Å²) >= 11 is 0. The number of pyridine rings is 1. The van der Waals surface area contributed by atoms with E-state index in [4.69, 9.17) is 0 Å². The number of aromatic nitrogens is 2. The third-order valence-corrected chi connectivity index (χ3v) is 4.57. The van der Waals surface area contributed by atoms with Gasteiger partial charge in [-0.1, -0.05) is 6.07 Å². The molecule has 0 aliphatic carbocycles. The summed E-state index contributed by atoms with van der Waals surface area (Å²) in [5.41, 5.74) is 3.73. The van der Waals surface area contributed by atoms with Gasteiger partial charge in [-0.05, 0) is 18.6 Å². The van der Waals surface area contributed by atoms with Gasteiger partial charge >= 0.3 is 0 Å². The lowest BCUT2D eigenvalue weighted by Crippen LogP contribution is -2.19. The van der Waals surface area contributed by atoms with Crippen LogP contribution in [0.5, 0.6) is 0 Å². The molecule has 16 heavy (non-hydrogen) atoms. The molecule has 5 heteroatoms. The van der Waals surface area contributed by atoms with Crippen molar-refractivity contribution in [2.24, 2.45) is 0 Å². The Morgan fingerprint density at radius 3 is 3.06 bits per heavy atom. The number of rotatable bonds is 0. The van der Waals surface area contributed by atoms with Gasteiger partial charge in [-0.15, -0.1) is 0 Å². The SMILES string of the molecule is Cc1cccn2c3c(nc12)CCS(=O)(=O)C3. The number of imidazole rings is 1. The average Bonchev–Trinajstić information content (AvgIpc) is 2.57. The zero-order valence-corrected chi connectivity index (χ0v) is 9.79. The van der Waals surface area contributed by atoms with Gasteiger partial charge in [0.05, 0.1) is 22.9 Å². The molecule has 1 aliphatic heterocycles. The first-order chi connectivity index (χ1) is 7.57. The fourth-order valence-corrected chi connectivity index (χ4v) is 3.56. The van der Waals surface area contributed by atoms with Crippen LogP contribution in [-0.4, -0.2) is 23.6 Å². The highest BCUT2D eigenvalue weighted by molar-refractivity contribution is 7.90. The van der Waals surface area contributed by atoms with Crippen LogP contribution in [0.25, 0.3) is 5.65 Å². The summed E-state index contributed by atoms with van der Waals surface area (Å²) in [4.78, 5) is 4.52. The lowest BCUT2D eigenvalue weighted by Gasteiger charge is -2.11. The van der Waals surface area contributed by atoms with Crippen molar-refractivity contribution in [1.29, 1.82) is 0 Å². The van der Waals surface area contributed by atoms with Crippen molar-refractivity contribution in [2.75, 3.05) is 5.75 Å². The number of hydrogen-bond donors (Lipinski definition) is 0. The van der Waals surface area contributed by atoms with Crippen molar-refractivity contribution >= 4 is 15.5 Å². The largest absolute Gasteiger partial charge is 0.303 e. The van der Waals surface area contributed by atoms with E-state index in [0.29, 0.717) is 6.42 Å². The van der Waals surface area contributed by atoms with Crippen LogP contribution in [0.1, 0.15) is 17.0 Å². The number of fused-ring (bicyclic) bond motifs is 3. The average molecular weight is 236 g/mol. The number of sulfone groups is 1. The van der Waals surface area contributed by atoms with Crippen LogP contribution in [0.2, 0.25) is 0 Å². The van der Waals surface area contributed by atoms with Gasteiger partial charge in [-0.3, -0.25) is 0 Å². The van der Waals surface area contributed by atoms with E-state index < -0.39 is 9.84 Å². The standard InChI is InChI=1S/C11H12N2O2S/c1-8-3-2-5-13-10-7-16(14,15)6-4-9(10)12-11(8)13/h2-3,5H,4,6-7H2,1H3. The molecule has 1 aliphatic rings. The first-order valence-electron chi connectivity index (χ1n) is 5.23. The molecule has 2 aromatic heterocycles. The molecular weight excluding hydrogens is 224 g/mol. The molecule has 4 nitrogen and oxygen atoms in total. The summed E-state index contributed by atoms with van der Waals surface area (Å²) in [5, 5.41) is 0. The van der Waals surface area contributed by atoms with Gasteiger partial charge in [0.1, 0.15) is 5.65 Å². The van der Waals surface area contributed by atoms with Crippen molar-refractivity contribution in [3.63, 3.8) is 0 Å². The molecule has 0 unspecified atom stereocenters. The second kappa shape index (κ2) is 3.07. The highest BCUT2D eigenvalue weighted by Crippen LogP contribution is 2.23. The molecule has 0 bridgehead atoms. The highest BCUT2D eigenvalue weighted by Gasteiger charge is 2.25. The summed E-state index contributed by atoms with van der Waals surface area (Å²) in [6.45, 7) is 1.99. The Labute approximate surface area is 93.8 Å². The molecule has 2 aromatic rings. The van der Waals surface area contributed by atoms with E-state index in [0.717, 1.165) is 22.6 Å². The molecule has 3 rings (SSSR count). The van der Waals surface area contributed by atoms with Gasteiger partial charge in [-0.2, -0.15) is 0 Å². The van der Waals surface area contributed by atoms with E-state index in [9.17, 15) is 8.42 Å². The summed E-state index contributed by atoms with van der Waals surface area (Å²) in [5.74, 6) is 0.343. The molecule has 0 saturated heterocycles. The van der Waals surface area contributed by atoms with Gasteiger partial charge in [0, 0.05) is 12.6 Å². The molecule has 0 radical (unpaired) electrons. The smallest absolute Gasteiger partial charge is 0.156 e. The van der Waals surface area contributed by atoms with Crippen molar-refractivity contribution in [2.45, 2.75) is 19.1 Å². The van der Waals surface area contributed by atoms with Crippen LogP contribution in [-0.2, 0) is 22.0 Å². The van der Waals surface area contributed by atoms with Crippen LogP contribution in [0.3, 0.4) is 0 Å². The Balaban J connectivity index is 2.34. The Bertz CT molecular complexity index is 671. The minimum Gasteiger partial charge on any atom is -0.303 e. The molecule has 0 atom stereocenters. The maximum atomic E-state index is 11.6. The summed E-state index contributed by atoms with van der Waals surface area (Å²) < 4.78 is 25.1.